The van der Waals surface area contributed by atoms with Crippen molar-refractivity contribution in [2.45, 2.75) is 26.2 Å². The predicted molar refractivity (Wildman–Crippen MR) is 130 cm³/mol. The molecule has 2 aromatic rings. The average Bonchev–Trinajstić information content (AvgIpc) is 3.23. The Bertz CT molecular complexity index is 1140. The van der Waals surface area contributed by atoms with E-state index in [1.54, 1.807) is 18.2 Å². The summed E-state index contributed by atoms with van der Waals surface area (Å²) < 4.78 is 10.2. The van der Waals surface area contributed by atoms with Crippen LogP contribution in [0.4, 0.5) is 5.69 Å². The van der Waals surface area contributed by atoms with Crippen molar-refractivity contribution in [3.05, 3.63) is 64.7 Å². The number of ether oxygens (including phenoxy) is 2. The van der Waals surface area contributed by atoms with Crippen LogP contribution in [-0.4, -0.2) is 54.4 Å². The number of unbranched alkanes of at least 4 members (excludes halogenated alkanes) is 1. The zero-order chi connectivity index (χ0) is 26.1. The minimum Gasteiger partial charge on any atom is -0.462 e. The third kappa shape index (κ3) is 7.29. The SMILES string of the molecule is CCCCOC(=O)c1ccc(NC(=O)COC(=O)[C@H]2CC(=O)N(NC(=O)c3ccccc3Cl)C2)cc1. The molecule has 10 nitrogen and oxygen atoms in total. The van der Waals surface area contributed by atoms with E-state index in [1.807, 2.05) is 6.92 Å². The van der Waals surface area contributed by atoms with Crippen molar-refractivity contribution in [2.75, 3.05) is 25.1 Å². The Balaban J connectivity index is 1.43. The molecule has 0 radical (unpaired) electrons. The number of hydrogen-bond donors (Lipinski definition) is 2. The maximum absolute atomic E-state index is 12.4. The number of nitrogens with one attached hydrogen (secondary N) is 2. The van der Waals surface area contributed by atoms with E-state index in [-0.39, 0.29) is 23.6 Å². The minimum absolute atomic E-state index is 0.0920. The molecule has 0 saturated carbocycles. The van der Waals surface area contributed by atoms with Crippen LogP contribution >= 0.6 is 11.6 Å². The van der Waals surface area contributed by atoms with Gasteiger partial charge in [-0.15, -0.1) is 0 Å². The molecule has 1 heterocycles. The first-order valence-electron chi connectivity index (χ1n) is 11.4. The minimum atomic E-state index is -0.838. The second-order valence-corrected chi connectivity index (χ2v) is 8.46. The second kappa shape index (κ2) is 12.7. The topological polar surface area (TPSA) is 131 Å². The Hall–Kier alpha value is -3.92. The van der Waals surface area contributed by atoms with Gasteiger partial charge in [0.25, 0.3) is 11.8 Å². The van der Waals surface area contributed by atoms with Gasteiger partial charge in [-0.05, 0) is 42.8 Å². The highest BCUT2D eigenvalue weighted by atomic mass is 35.5. The Morgan fingerprint density at radius 1 is 1.06 bits per heavy atom. The Kier molecular flexibility index (Phi) is 9.40. The van der Waals surface area contributed by atoms with Gasteiger partial charge in [-0.25, -0.2) is 4.79 Å². The maximum Gasteiger partial charge on any atom is 0.338 e. The summed E-state index contributed by atoms with van der Waals surface area (Å²) in [6.07, 6.45) is 1.53. The first-order valence-corrected chi connectivity index (χ1v) is 11.8. The Labute approximate surface area is 212 Å². The molecule has 1 aliphatic rings. The summed E-state index contributed by atoms with van der Waals surface area (Å²) in [5.41, 5.74) is 3.39. The van der Waals surface area contributed by atoms with Gasteiger partial charge in [0.05, 0.1) is 35.2 Å². The van der Waals surface area contributed by atoms with E-state index in [1.165, 1.54) is 30.3 Å². The summed E-state index contributed by atoms with van der Waals surface area (Å²) in [5.74, 6) is -3.65. The van der Waals surface area contributed by atoms with Gasteiger partial charge in [0.15, 0.2) is 6.61 Å². The van der Waals surface area contributed by atoms with E-state index in [9.17, 15) is 24.0 Å². The van der Waals surface area contributed by atoms with Crippen molar-refractivity contribution >= 4 is 46.9 Å². The number of esters is 2. The molecule has 1 fully saturated rings. The average molecular weight is 516 g/mol. The smallest absolute Gasteiger partial charge is 0.338 e. The van der Waals surface area contributed by atoms with E-state index >= 15 is 0 Å². The highest BCUT2D eigenvalue weighted by Crippen LogP contribution is 2.20. The van der Waals surface area contributed by atoms with E-state index in [0.29, 0.717) is 17.9 Å². The Morgan fingerprint density at radius 3 is 2.47 bits per heavy atom. The molecule has 0 aliphatic carbocycles. The van der Waals surface area contributed by atoms with Crippen molar-refractivity contribution in [1.29, 1.82) is 0 Å². The van der Waals surface area contributed by atoms with Gasteiger partial charge >= 0.3 is 11.9 Å². The molecule has 2 N–H and O–H groups in total. The number of anilines is 1. The molecule has 1 atom stereocenters. The number of hydrogen-bond acceptors (Lipinski definition) is 7. The summed E-state index contributed by atoms with van der Waals surface area (Å²) in [7, 11) is 0. The molecule has 0 unspecified atom stereocenters. The van der Waals surface area contributed by atoms with Crippen LogP contribution in [-0.2, 0) is 23.9 Å². The molecule has 0 spiro atoms. The lowest BCUT2D eigenvalue weighted by atomic mass is 10.1. The van der Waals surface area contributed by atoms with Crippen LogP contribution in [0.25, 0.3) is 0 Å². The van der Waals surface area contributed by atoms with Gasteiger partial charge in [-0.3, -0.25) is 29.6 Å². The van der Waals surface area contributed by atoms with Crippen LogP contribution < -0.4 is 10.7 Å². The van der Waals surface area contributed by atoms with Crippen LogP contribution in [0, 0.1) is 5.92 Å². The summed E-state index contributed by atoms with van der Waals surface area (Å²) >= 11 is 6.00. The van der Waals surface area contributed by atoms with Gasteiger partial charge in [0.1, 0.15) is 0 Å². The number of rotatable bonds is 10. The van der Waals surface area contributed by atoms with Crippen LogP contribution in [0.2, 0.25) is 5.02 Å². The highest BCUT2D eigenvalue weighted by Gasteiger charge is 2.37. The van der Waals surface area contributed by atoms with Gasteiger partial charge < -0.3 is 14.8 Å². The lowest BCUT2D eigenvalue weighted by Crippen LogP contribution is -2.43. The fourth-order valence-corrected chi connectivity index (χ4v) is 3.56. The second-order valence-electron chi connectivity index (χ2n) is 8.05. The maximum atomic E-state index is 12.4. The van der Waals surface area contributed by atoms with E-state index < -0.39 is 42.2 Å². The predicted octanol–water partition coefficient (Wildman–Crippen LogP) is 2.97. The van der Waals surface area contributed by atoms with Crippen molar-refractivity contribution in [2.24, 2.45) is 5.92 Å². The van der Waals surface area contributed by atoms with Crippen molar-refractivity contribution in [3.63, 3.8) is 0 Å². The molecule has 190 valence electrons. The molecule has 2 aromatic carbocycles. The highest BCUT2D eigenvalue weighted by molar-refractivity contribution is 6.33. The fourth-order valence-electron chi connectivity index (χ4n) is 3.34. The number of halogens is 1. The van der Waals surface area contributed by atoms with E-state index in [4.69, 9.17) is 21.1 Å². The zero-order valence-electron chi connectivity index (χ0n) is 19.6. The molecule has 0 aromatic heterocycles. The number of carbonyl (C=O) groups is 5. The van der Waals surface area contributed by atoms with Crippen LogP contribution in [0.3, 0.4) is 0 Å². The standard InChI is InChI=1S/C25H26ClN3O7/c1-2-3-12-35-24(33)16-8-10-18(11-9-16)27-21(30)15-36-25(34)17-13-22(31)29(14-17)28-23(32)19-6-4-5-7-20(19)26/h4-11,17H,2-3,12-15H2,1H3,(H,27,30)(H,28,32)/t17-/m0/s1. The number of amides is 3. The Morgan fingerprint density at radius 2 is 1.78 bits per heavy atom. The molecular formula is C25H26ClN3O7. The lowest BCUT2D eigenvalue weighted by molar-refractivity contribution is -0.151. The molecule has 1 aliphatic heterocycles. The van der Waals surface area contributed by atoms with E-state index in [2.05, 4.69) is 10.7 Å². The number of carbonyl (C=O) groups excluding carboxylic acids is 5. The normalized spacial score (nSPS) is 14.8. The first-order chi connectivity index (χ1) is 17.3. The van der Waals surface area contributed by atoms with Gasteiger partial charge in [0.2, 0.25) is 5.91 Å². The van der Waals surface area contributed by atoms with Crippen molar-refractivity contribution in [1.82, 2.24) is 10.4 Å². The molecular weight excluding hydrogens is 490 g/mol. The quantitative estimate of drug-likeness (QED) is 0.367. The number of hydrazine groups is 1. The fraction of sp³-hybridized carbons (Fsp3) is 0.320. The van der Waals surface area contributed by atoms with Gasteiger partial charge in [-0.1, -0.05) is 37.1 Å². The summed E-state index contributed by atoms with van der Waals surface area (Å²) in [4.78, 5) is 61.0. The first kappa shape index (κ1) is 26.7. The van der Waals surface area contributed by atoms with Crippen molar-refractivity contribution in [3.8, 4) is 0 Å². The molecule has 3 amide bonds. The van der Waals surface area contributed by atoms with E-state index in [0.717, 1.165) is 17.9 Å². The number of nitrogens with zero attached hydrogens (tertiary/aromatic N) is 1. The van der Waals surface area contributed by atoms with Crippen LogP contribution in [0.1, 0.15) is 46.9 Å². The number of benzene rings is 2. The van der Waals surface area contributed by atoms with Crippen LogP contribution in [0.15, 0.2) is 48.5 Å². The molecule has 1 saturated heterocycles. The van der Waals surface area contributed by atoms with Gasteiger partial charge in [0, 0.05) is 12.1 Å². The monoisotopic (exact) mass is 515 g/mol. The summed E-state index contributed by atoms with van der Waals surface area (Å²) in [6.45, 7) is 1.69. The third-order valence-corrected chi connectivity index (χ3v) is 5.62. The molecule has 36 heavy (non-hydrogen) atoms. The third-order valence-electron chi connectivity index (χ3n) is 5.29. The van der Waals surface area contributed by atoms with Crippen LogP contribution in [0.5, 0.6) is 0 Å². The lowest BCUT2D eigenvalue weighted by Gasteiger charge is -2.18. The summed E-state index contributed by atoms with van der Waals surface area (Å²) in [6, 6.07) is 12.5. The van der Waals surface area contributed by atoms with Gasteiger partial charge in [-0.2, -0.15) is 0 Å². The molecule has 11 heteroatoms. The summed E-state index contributed by atoms with van der Waals surface area (Å²) in [5, 5.41) is 3.82. The molecule has 3 rings (SSSR count). The largest absolute Gasteiger partial charge is 0.462 e. The van der Waals surface area contributed by atoms with Crippen molar-refractivity contribution < 1.29 is 33.4 Å². The zero-order valence-corrected chi connectivity index (χ0v) is 20.4. The molecule has 0 bridgehead atoms.